The van der Waals surface area contributed by atoms with E-state index in [-0.39, 0.29) is 5.91 Å². The first-order valence-electron chi connectivity index (χ1n) is 9.04. The number of rotatable bonds is 2. The number of hydrogen-bond donors (Lipinski definition) is 0. The molecule has 1 saturated heterocycles. The smallest absolute Gasteiger partial charge is 0.231 e. The van der Waals surface area contributed by atoms with E-state index >= 15 is 0 Å². The van der Waals surface area contributed by atoms with E-state index in [0.29, 0.717) is 6.42 Å². The standard InChI is InChI=1S/C19H22N4OS/c1-21-5-7-22(8-6-21)19-20-16(12-25-19)14-9-13-3-2-4-23-17(24)11-15(10-14)18(13)23/h9-10,12H,2-8,11H2,1H3. The van der Waals surface area contributed by atoms with Crippen LogP contribution in [-0.4, -0.2) is 55.6 Å². The average Bonchev–Trinajstić information content (AvgIpc) is 3.23. The van der Waals surface area contributed by atoms with Gasteiger partial charge in [0.15, 0.2) is 5.13 Å². The van der Waals surface area contributed by atoms with E-state index < -0.39 is 0 Å². The van der Waals surface area contributed by atoms with Crippen molar-refractivity contribution in [2.24, 2.45) is 0 Å². The highest BCUT2D eigenvalue weighted by Crippen LogP contribution is 2.40. The number of thiazole rings is 1. The van der Waals surface area contributed by atoms with Gasteiger partial charge in [0, 0.05) is 43.7 Å². The summed E-state index contributed by atoms with van der Waals surface area (Å²) in [7, 11) is 2.17. The molecule has 6 heteroatoms. The lowest BCUT2D eigenvalue weighted by Gasteiger charge is -2.32. The number of aromatic nitrogens is 1. The van der Waals surface area contributed by atoms with Gasteiger partial charge in [-0.15, -0.1) is 11.3 Å². The topological polar surface area (TPSA) is 39.7 Å². The van der Waals surface area contributed by atoms with Crippen molar-refractivity contribution in [2.75, 3.05) is 49.6 Å². The van der Waals surface area contributed by atoms with Crippen molar-refractivity contribution in [2.45, 2.75) is 19.3 Å². The molecule has 0 aliphatic carbocycles. The van der Waals surface area contributed by atoms with E-state index in [2.05, 4.69) is 34.4 Å². The number of carbonyl (C=O) groups excluding carboxylic acids is 1. The Bertz CT molecular complexity index is 838. The number of likely N-dealkylation sites (N-methyl/N-ethyl adjacent to an activating group) is 1. The van der Waals surface area contributed by atoms with Gasteiger partial charge in [0.05, 0.1) is 17.8 Å². The van der Waals surface area contributed by atoms with E-state index in [1.807, 2.05) is 4.90 Å². The Kier molecular flexibility index (Phi) is 3.57. The number of benzene rings is 1. The summed E-state index contributed by atoms with van der Waals surface area (Å²) in [4.78, 5) is 23.9. The number of aryl methyl sites for hydroxylation is 1. The molecule has 5 rings (SSSR count). The highest BCUT2D eigenvalue weighted by Gasteiger charge is 2.32. The molecule has 0 N–H and O–H groups in total. The van der Waals surface area contributed by atoms with Crippen LogP contribution in [0.25, 0.3) is 11.3 Å². The van der Waals surface area contributed by atoms with Crippen LogP contribution in [0, 0.1) is 0 Å². The monoisotopic (exact) mass is 354 g/mol. The summed E-state index contributed by atoms with van der Waals surface area (Å²) in [5, 5.41) is 3.29. The van der Waals surface area contributed by atoms with Crippen molar-refractivity contribution in [1.82, 2.24) is 9.88 Å². The van der Waals surface area contributed by atoms with Crippen LogP contribution >= 0.6 is 11.3 Å². The van der Waals surface area contributed by atoms with Crippen LogP contribution in [0.2, 0.25) is 0 Å². The molecule has 0 radical (unpaired) electrons. The fraction of sp³-hybridized carbons (Fsp3) is 0.474. The van der Waals surface area contributed by atoms with Gasteiger partial charge in [-0.25, -0.2) is 4.98 Å². The van der Waals surface area contributed by atoms with Crippen LogP contribution in [0.15, 0.2) is 17.5 Å². The van der Waals surface area contributed by atoms with E-state index in [9.17, 15) is 4.79 Å². The number of carbonyl (C=O) groups is 1. The van der Waals surface area contributed by atoms with E-state index in [4.69, 9.17) is 4.98 Å². The molecule has 1 aromatic heterocycles. The van der Waals surface area contributed by atoms with Crippen LogP contribution in [0.5, 0.6) is 0 Å². The molecular weight excluding hydrogens is 332 g/mol. The molecule has 2 aromatic rings. The molecule has 130 valence electrons. The number of piperazine rings is 1. The normalized spacial score (nSPS) is 20.3. The minimum Gasteiger partial charge on any atom is -0.346 e. The summed E-state index contributed by atoms with van der Waals surface area (Å²) >= 11 is 1.73. The van der Waals surface area contributed by atoms with Gasteiger partial charge < -0.3 is 14.7 Å². The van der Waals surface area contributed by atoms with Gasteiger partial charge in [-0.1, -0.05) is 0 Å². The summed E-state index contributed by atoms with van der Waals surface area (Å²) in [6.45, 7) is 5.15. The van der Waals surface area contributed by atoms with Gasteiger partial charge in [0.1, 0.15) is 0 Å². The first-order chi connectivity index (χ1) is 12.2. The Balaban J connectivity index is 1.47. The quantitative estimate of drug-likeness (QED) is 0.830. The Hall–Kier alpha value is -1.92. The van der Waals surface area contributed by atoms with Crippen molar-refractivity contribution < 1.29 is 4.79 Å². The second kappa shape index (κ2) is 5.81. The summed E-state index contributed by atoms with van der Waals surface area (Å²) < 4.78 is 0. The van der Waals surface area contributed by atoms with Crippen molar-refractivity contribution in [1.29, 1.82) is 0 Å². The van der Waals surface area contributed by atoms with Gasteiger partial charge in [0.25, 0.3) is 0 Å². The number of nitrogens with zero attached hydrogens (tertiary/aromatic N) is 4. The van der Waals surface area contributed by atoms with Crippen molar-refractivity contribution >= 4 is 28.1 Å². The molecular formula is C19H22N4OS. The third-order valence-corrected chi connectivity index (χ3v) is 6.47. The third kappa shape index (κ3) is 2.55. The molecule has 3 aliphatic rings. The van der Waals surface area contributed by atoms with Gasteiger partial charge in [-0.2, -0.15) is 0 Å². The first kappa shape index (κ1) is 15.3. The zero-order valence-corrected chi connectivity index (χ0v) is 15.3. The van der Waals surface area contributed by atoms with Gasteiger partial charge >= 0.3 is 0 Å². The van der Waals surface area contributed by atoms with E-state index in [1.54, 1.807) is 11.3 Å². The molecule has 25 heavy (non-hydrogen) atoms. The average molecular weight is 354 g/mol. The SMILES string of the molecule is CN1CCN(c2nc(-c3cc4c5c(c3)CC(=O)N5CCC4)cs2)CC1. The molecule has 1 aromatic carbocycles. The summed E-state index contributed by atoms with van der Waals surface area (Å²) in [5.74, 6) is 0.254. The Morgan fingerprint density at radius 1 is 1.08 bits per heavy atom. The molecule has 1 fully saturated rings. The van der Waals surface area contributed by atoms with Gasteiger partial charge in [0.2, 0.25) is 5.91 Å². The molecule has 4 heterocycles. The van der Waals surface area contributed by atoms with Crippen LogP contribution in [-0.2, 0) is 17.6 Å². The summed E-state index contributed by atoms with van der Waals surface area (Å²) in [6, 6.07) is 4.44. The molecule has 0 saturated carbocycles. The molecule has 0 bridgehead atoms. The fourth-order valence-corrected chi connectivity index (χ4v) is 5.06. The molecule has 0 atom stereocenters. The predicted molar refractivity (Wildman–Crippen MR) is 102 cm³/mol. The van der Waals surface area contributed by atoms with Gasteiger partial charge in [-0.05, 0) is 43.1 Å². The summed E-state index contributed by atoms with van der Waals surface area (Å²) in [6.07, 6.45) is 2.67. The maximum absolute atomic E-state index is 12.2. The molecule has 5 nitrogen and oxygen atoms in total. The van der Waals surface area contributed by atoms with E-state index in [0.717, 1.165) is 56.4 Å². The lowest BCUT2D eigenvalue weighted by Crippen LogP contribution is -2.44. The molecule has 3 aliphatic heterocycles. The highest BCUT2D eigenvalue weighted by molar-refractivity contribution is 7.14. The maximum atomic E-state index is 12.2. The van der Waals surface area contributed by atoms with Crippen LogP contribution in [0.3, 0.4) is 0 Å². The van der Waals surface area contributed by atoms with Crippen molar-refractivity contribution in [3.63, 3.8) is 0 Å². The van der Waals surface area contributed by atoms with Crippen molar-refractivity contribution in [3.05, 3.63) is 28.6 Å². The Morgan fingerprint density at radius 3 is 2.72 bits per heavy atom. The van der Waals surface area contributed by atoms with Gasteiger partial charge in [-0.3, -0.25) is 4.79 Å². The first-order valence-corrected chi connectivity index (χ1v) is 9.92. The second-order valence-electron chi connectivity index (χ2n) is 7.27. The van der Waals surface area contributed by atoms with E-state index in [1.165, 1.54) is 22.4 Å². The molecule has 1 amide bonds. The van der Waals surface area contributed by atoms with Crippen LogP contribution < -0.4 is 9.80 Å². The maximum Gasteiger partial charge on any atom is 0.231 e. The number of hydrogen-bond acceptors (Lipinski definition) is 5. The molecule has 0 spiro atoms. The largest absolute Gasteiger partial charge is 0.346 e. The minimum absolute atomic E-state index is 0.254. The Morgan fingerprint density at radius 2 is 1.88 bits per heavy atom. The number of anilines is 2. The lowest BCUT2D eigenvalue weighted by atomic mass is 9.96. The second-order valence-corrected chi connectivity index (χ2v) is 8.11. The predicted octanol–water partition coefficient (Wildman–Crippen LogP) is 2.40. The Labute approximate surface area is 151 Å². The zero-order chi connectivity index (χ0) is 17.0. The van der Waals surface area contributed by atoms with Crippen LogP contribution in [0.4, 0.5) is 10.8 Å². The fourth-order valence-electron chi connectivity index (χ4n) is 4.17. The molecule has 0 unspecified atom stereocenters. The third-order valence-electron chi connectivity index (χ3n) is 5.57. The number of amides is 1. The van der Waals surface area contributed by atoms with Crippen LogP contribution in [0.1, 0.15) is 17.5 Å². The van der Waals surface area contributed by atoms with Crippen molar-refractivity contribution in [3.8, 4) is 11.3 Å². The zero-order valence-electron chi connectivity index (χ0n) is 14.5. The lowest BCUT2D eigenvalue weighted by molar-refractivity contribution is -0.117. The summed E-state index contributed by atoms with van der Waals surface area (Å²) in [5.41, 5.74) is 5.91. The minimum atomic E-state index is 0.254. The highest BCUT2D eigenvalue weighted by atomic mass is 32.1.